The first-order valence-electron chi connectivity index (χ1n) is 6.77. The largest absolute Gasteiger partial charge is 0.345 e. The standard InChI is InChI=1S/C15H19BrN2O2/c1-11(15(20)12-4-6-13(16)7-5-12)18-9-3-8-17(2)14(19)10-18/h4-7,11H,3,8-10H2,1-2H3. The molecule has 1 aromatic carbocycles. The van der Waals surface area contributed by atoms with Gasteiger partial charge in [-0.2, -0.15) is 0 Å². The molecule has 0 saturated carbocycles. The van der Waals surface area contributed by atoms with Gasteiger partial charge in [0.25, 0.3) is 0 Å². The number of carbonyl (C=O) groups is 2. The molecule has 1 atom stereocenters. The normalized spacial score (nSPS) is 18.8. The van der Waals surface area contributed by atoms with Gasteiger partial charge in [-0.3, -0.25) is 14.5 Å². The molecule has 4 nitrogen and oxygen atoms in total. The molecule has 0 spiro atoms. The molecule has 1 unspecified atom stereocenters. The SMILES string of the molecule is CC(C(=O)c1ccc(Br)cc1)N1CCCN(C)C(=O)C1. The van der Waals surface area contributed by atoms with Crippen molar-refractivity contribution in [1.29, 1.82) is 0 Å². The average molecular weight is 339 g/mol. The molecule has 0 radical (unpaired) electrons. The highest BCUT2D eigenvalue weighted by atomic mass is 79.9. The minimum absolute atomic E-state index is 0.0647. The summed E-state index contributed by atoms with van der Waals surface area (Å²) in [5.74, 6) is 0.146. The van der Waals surface area contributed by atoms with E-state index in [1.165, 1.54) is 0 Å². The van der Waals surface area contributed by atoms with Gasteiger partial charge in [-0.25, -0.2) is 0 Å². The summed E-state index contributed by atoms with van der Waals surface area (Å²) in [4.78, 5) is 28.1. The molecule has 1 fully saturated rings. The zero-order valence-corrected chi connectivity index (χ0v) is 13.4. The first-order chi connectivity index (χ1) is 9.49. The zero-order valence-electron chi connectivity index (χ0n) is 11.8. The Kier molecular flexibility index (Phi) is 4.94. The fourth-order valence-electron chi connectivity index (χ4n) is 2.36. The third kappa shape index (κ3) is 3.46. The quantitative estimate of drug-likeness (QED) is 0.793. The Hall–Kier alpha value is -1.20. The number of benzene rings is 1. The van der Waals surface area contributed by atoms with Crippen LogP contribution in [0, 0.1) is 0 Å². The molecule has 5 heteroatoms. The third-order valence-corrected chi connectivity index (χ3v) is 4.29. The minimum atomic E-state index is -0.272. The lowest BCUT2D eigenvalue weighted by molar-refractivity contribution is -0.130. The Morgan fingerprint density at radius 3 is 2.55 bits per heavy atom. The topological polar surface area (TPSA) is 40.6 Å². The van der Waals surface area contributed by atoms with Crippen molar-refractivity contribution in [2.45, 2.75) is 19.4 Å². The maximum absolute atomic E-state index is 12.5. The van der Waals surface area contributed by atoms with Crippen molar-refractivity contribution < 1.29 is 9.59 Å². The molecule has 0 aromatic heterocycles. The van der Waals surface area contributed by atoms with Crippen molar-refractivity contribution in [1.82, 2.24) is 9.80 Å². The number of hydrogen-bond acceptors (Lipinski definition) is 3. The Labute approximate surface area is 127 Å². The number of carbonyl (C=O) groups excluding carboxylic acids is 2. The lowest BCUT2D eigenvalue weighted by Gasteiger charge is -2.25. The lowest BCUT2D eigenvalue weighted by atomic mass is 10.0. The molecule has 20 heavy (non-hydrogen) atoms. The van der Waals surface area contributed by atoms with Gasteiger partial charge in [-0.05, 0) is 25.5 Å². The minimum Gasteiger partial charge on any atom is -0.345 e. The van der Waals surface area contributed by atoms with Crippen molar-refractivity contribution in [2.75, 3.05) is 26.7 Å². The number of ketones is 1. The van der Waals surface area contributed by atoms with Gasteiger partial charge < -0.3 is 4.90 Å². The van der Waals surface area contributed by atoms with Crippen LogP contribution in [0.1, 0.15) is 23.7 Å². The summed E-state index contributed by atoms with van der Waals surface area (Å²) in [5.41, 5.74) is 0.686. The lowest BCUT2D eigenvalue weighted by Crippen LogP contribution is -2.43. The van der Waals surface area contributed by atoms with E-state index in [-0.39, 0.29) is 17.7 Å². The van der Waals surface area contributed by atoms with Gasteiger partial charge in [0.2, 0.25) is 5.91 Å². The summed E-state index contributed by atoms with van der Waals surface area (Å²) in [7, 11) is 1.81. The smallest absolute Gasteiger partial charge is 0.236 e. The summed E-state index contributed by atoms with van der Waals surface area (Å²) >= 11 is 3.36. The summed E-state index contributed by atoms with van der Waals surface area (Å²) in [6.45, 7) is 3.73. The van der Waals surface area contributed by atoms with E-state index in [0.717, 1.165) is 24.0 Å². The van der Waals surface area contributed by atoms with Gasteiger partial charge in [0, 0.05) is 30.2 Å². The van der Waals surface area contributed by atoms with Crippen molar-refractivity contribution in [3.05, 3.63) is 34.3 Å². The van der Waals surface area contributed by atoms with E-state index in [1.807, 2.05) is 43.1 Å². The van der Waals surface area contributed by atoms with E-state index in [2.05, 4.69) is 15.9 Å². The van der Waals surface area contributed by atoms with E-state index in [9.17, 15) is 9.59 Å². The van der Waals surface area contributed by atoms with Gasteiger partial charge in [0.1, 0.15) is 0 Å². The van der Waals surface area contributed by atoms with Crippen LogP contribution in [0.15, 0.2) is 28.7 Å². The van der Waals surface area contributed by atoms with E-state index < -0.39 is 0 Å². The highest BCUT2D eigenvalue weighted by molar-refractivity contribution is 9.10. The maximum atomic E-state index is 12.5. The molecule has 0 bridgehead atoms. The number of amides is 1. The molecule has 2 rings (SSSR count). The molecule has 1 aromatic rings. The fraction of sp³-hybridized carbons (Fsp3) is 0.467. The Balaban J connectivity index is 2.09. The monoisotopic (exact) mass is 338 g/mol. The van der Waals surface area contributed by atoms with Crippen LogP contribution in [0.4, 0.5) is 0 Å². The van der Waals surface area contributed by atoms with Crippen molar-refractivity contribution in [3.63, 3.8) is 0 Å². The second kappa shape index (κ2) is 6.50. The Bertz CT molecular complexity index is 501. The van der Waals surface area contributed by atoms with Crippen LogP contribution in [-0.4, -0.2) is 54.2 Å². The second-order valence-electron chi connectivity index (χ2n) is 5.19. The average Bonchev–Trinajstić information content (AvgIpc) is 2.60. The second-order valence-corrected chi connectivity index (χ2v) is 6.10. The molecule has 1 heterocycles. The van der Waals surface area contributed by atoms with E-state index in [1.54, 1.807) is 4.90 Å². The van der Waals surface area contributed by atoms with Crippen LogP contribution >= 0.6 is 15.9 Å². The first kappa shape index (κ1) is 15.2. The van der Waals surface area contributed by atoms with Gasteiger partial charge in [0.15, 0.2) is 5.78 Å². The molecule has 0 N–H and O–H groups in total. The van der Waals surface area contributed by atoms with Crippen molar-refractivity contribution in [3.8, 4) is 0 Å². The first-order valence-corrected chi connectivity index (χ1v) is 7.56. The number of halogens is 1. The zero-order chi connectivity index (χ0) is 14.7. The van der Waals surface area contributed by atoms with E-state index in [4.69, 9.17) is 0 Å². The van der Waals surface area contributed by atoms with E-state index >= 15 is 0 Å². The van der Waals surface area contributed by atoms with Gasteiger partial charge >= 0.3 is 0 Å². The Morgan fingerprint density at radius 2 is 1.90 bits per heavy atom. The van der Waals surface area contributed by atoms with Crippen LogP contribution in [0.3, 0.4) is 0 Å². The molecule has 0 aliphatic carbocycles. The van der Waals surface area contributed by atoms with Crippen LogP contribution in [-0.2, 0) is 4.79 Å². The van der Waals surface area contributed by atoms with Crippen molar-refractivity contribution in [2.24, 2.45) is 0 Å². The molecular formula is C15H19BrN2O2. The van der Waals surface area contributed by atoms with Crippen LogP contribution < -0.4 is 0 Å². The van der Waals surface area contributed by atoms with Crippen molar-refractivity contribution >= 4 is 27.6 Å². The molecule has 1 aliphatic heterocycles. The van der Waals surface area contributed by atoms with Crippen LogP contribution in [0.25, 0.3) is 0 Å². The van der Waals surface area contributed by atoms with E-state index in [0.29, 0.717) is 12.1 Å². The summed E-state index contributed by atoms with van der Waals surface area (Å²) in [6.07, 6.45) is 0.903. The molecule has 1 saturated heterocycles. The highest BCUT2D eigenvalue weighted by Crippen LogP contribution is 2.15. The number of rotatable bonds is 3. The number of nitrogens with zero attached hydrogens (tertiary/aromatic N) is 2. The number of Topliss-reactive ketones (excluding diaryl/α,β-unsaturated/α-hetero) is 1. The predicted molar refractivity (Wildman–Crippen MR) is 81.8 cm³/mol. The van der Waals surface area contributed by atoms with Gasteiger partial charge in [0.05, 0.1) is 12.6 Å². The fourth-order valence-corrected chi connectivity index (χ4v) is 2.63. The molecular weight excluding hydrogens is 320 g/mol. The highest BCUT2D eigenvalue weighted by Gasteiger charge is 2.27. The third-order valence-electron chi connectivity index (χ3n) is 3.76. The molecule has 1 amide bonds. The number of likely N-dealkylation sites (N-methyl/N-ethyl adjacent to an activating group) is 1. The molecule has 108 valence electrons. The number of hydrogen-bond donors (Lipinski definition) is 0. The van der Waals surface area contributed by atoms with Crippen LogP contribution in [0.2, 0.25) is 0 Å². The molecule has 1 aliphatic rings. The van der Waals surface area contributed by atoms with Gasteiger partial charge in [-0.15, -0.1) is 0 Å². The maximum Gasteiger partial charge on any atom is 0.236 e. The predicted octanol–water partition coefficient (Wildman–Crippen LogP) is 2.18. The summed E-state index contributed by atoms with van der Waals surface area (Å²) < 4.78 is 0.952. The Morgan fingerprint density at radius 1 is 1.25 bits per heavy atom. The van der Waals surface area contributed by atoms with Crippen LogP contribution in [0.5, 0.6) is 0 Å². The summed E-state index contributed by atoms with van der Waals surface area (Å²) in [5, 5.41) is 0. The summed E-state index contributed by atoms with van der Waals surface area (Å²) in [6, 6.07) is 7.08. The van der Waals surface area contributed by atoms with Gasteiger partial charge in [-0.1, -0.05) is 28.1 Å².